The summed E-state index contributed by atoms with van der Waals surface area (Å²) in [5.41, 5.74) is 14.0. The van der Waals surface area contributed by atoms with Gasteiger partial charge in [0.1, 0.15) is 6.61 Å². The second-order valence-corrected chi connectivity index (χ2v) is 10.6. The van der Waals surface area contributed by atoms with Gasteiger partial charge >= 0.3 is 5.97 Å². The summed E-state index contributed by atoms with van der Waals surface area (Å²) in [4.78, 5) is 11.6. The van der Waals surface area contributed by atoms with Crippen LogP contribution in [0.1, 0.15) is 58.8 Å². The number of hydrazone groups is 1. The molecule has 0 aromatic heterocycles. The van der Waals surface area contributed by atoms with Crippen LogP contribution >= 0.6 is 12.2 Å². The minimum atomic E-state index is -0.200. The van der Waals surface area contributed by atoms with Crippen LogP contribution < -0.4 is 11.2 Å². The van der Waals surface area contributed by atoms with Gasteiger partial charge in [-0.25, -0.2) is 4.79 Å². The minimum absolute atomic E-state index is 0.0617. The second-order valence-electron chi connectivity index (χ2n) is 10.2. The maximum absolute atomic E-state index is 11.6. The van der Waals surface area contributed by atoms with Gasteiger partial charge in [0.05, 0.1) is 0 Å². The van der Waals surface area contributed by atoms with E-state index in [-0.39, 0.29) is 16.5 Å². The Kier molecular flexibility index (Phi) is 4.69. The maximum atomic E-state index is 11.6. The van der Waals surface area contributed by atoms with Gasteiger partial charge < -0.3 is 10.5 Å². The molecule has 3 saturated carbocycles. The van der Waals surface area contributed by atoms with Gasteiger partial charge in [0.25, 0.3) is 0 Å². The van der Waals surface area contributed by atoms with E-state index >= 15 is 0 Å². The Hall–Kier alpha value is -1.95. The van der Waals surface area contributed by atoms with Crippen LogP contribution in [0.25, 0.3) is 0 Å². The zero-order valence-corrected chi connectivity index (χ0v) is 18.7. The monoisotopic (exact) mass is 425 g/mol. The highest BCUT2D eigenvalue weighted by Gasteiger charge is 2.56. The van der Waals surface area contributed by atoms with Crippen LogP contribution in [0.4, 0.5) is 0 Å². The van der Waals surface area contributed by atoms with Crippen molar-refractivity contribution >= 4 is 29.0 Å². The van der Waals surface area contributed by atoms with Crippen molar-refractivity contribution < 1.29 is 9.53 Å². The Bertz CT molecular complexity index is 933. The van der Waals surface area contributed by atoms with Crippen LogP contribution in [0.15, 0.2) is 40.0 Å². The topological polar surface area (TPSA) is 76.7 Å². The van der Waals surface area contributed by atoms with Gasteiger partial charge in [-0.1, -0.05) is 31.6 Å². The fourth-order valence-electron chi connectivity index (χ4n) is 7.28. The average Bonchev–Trinajstić information content (AvgIpc) is 3.28. The Morgan fingerprint density at radius 3 is 2.83 bits per heavy atom. The molecule has 0 aromatic carbocycles. The molecule has 0 amide bonds. The lowest BCUT2D eigenvalue weighted by molar-refractivity contribution is -0.134. The number of allylic oxidation sites excluding steroid dienone is 3. The fourth-order valence-corrected chi connectivity index (χ4v) is 7.33. The molecule has 0 unspecified atom stereocenters. The van der Waals surface area contributed by atoms with Crippen molar-refractivity contribution in [3.63, 3.8) is 0 Å². The van der Waals surface area contributed by atoms with E-state index in [2.05, 4.69) is 36.5 Å². The standard InChI is InChI=1S/C24H31N3O2S/c1-23-9-7-16(26-27-22(25)30)12-15(23)3-4-17-19-6-5-18(14-11-21(28)29-13-14)24(19,2)10-8-20(17)23/h5-6,11,15,17,20H,3-4,7-10,12-13H2,1-2H3,(H3,25,27,30)/b26-16+/t15-,17+,20+,23+,24-/m1/s1. The highest BCUT2D eigenvalue weighted by atomic mass is 32.1. The van der Waals surface area contributed by atoms with Crippen LogP contribution in [0.5, 0.6) is 0 Å². The quantitative estimate of drug-likeness (QED) is 0.395. The molecule has 6 heteroatoms. The number of ether oxygens (including phenoxy) is 1. The van der Waals surface area contributed by atoms with E-state index in [1.54, 1.807) is 11.6 Å². The first-order chi connectivity index (χ1) is 14.3. The van der Waals surface area contributed by atoms with Crippen molar-refractivity contribution in [2.45, 2.75) is 58.8 Å². The van der Waals surface area contributed by atoms with Crippen LogP contribution in [0, 0.1) is 28.6 Å². The number of rotatable bonds is 2. The number of nitrogens with zero attached hydrogens (tertiary/aromatic N) is 1. The molecule has 5 nitrogen and oxygen atoms in total. The molecule has 30 heavy (non-hydrogen) atoms. The molecule has 1 heterocycles. The molecule has 160 valence electrons. The molecule has 3 fully saturated rings. The van der Waals surface area contributed by atoms with Crippen LogP contribution in [0.2, 0.25) is 0 Å². The third-order valence-electron chi connectivity index (χ3n) is 8.87. The highest BCUT2D eigenvalue weighted by Crippen LogP contribution is 2.65. The first-order valence-electron chi connectivity index (χ1n) is 11.2. The van der Waals surface area contributed by atoms with Crippen molar-refractivity contribution in [3.8, 4) is 0 Å². The summed E-state index contributed by atoms with van der Waals surface area (Å²) < 4.78 is 5.21. The lowest BCUT2D eigenvalue weighted by Gasteiger charge is -2.58. The lowest BCUT2D eigenvalue weighted by atomic mass is 9.46. The third kappa shape index (κ3) is 2.98. The van der Waals surface area contributed by atoms with Gasteiger partial charge in [0, 0.05) is 22.8 Å². The Morgan fingerprint density at radius 1 is 1.27 bits per heavy atom. The van der Waals surface area contributed by atoms with E-state index in [0.29, 0.717) is 23.9 Å². The summed E-state index contributed by atoms with van der Waals surface area (Å²) in [6, 6.07) is 0. The molecule has 0 saturated heterocycles. The first-order valence-corrected chi connectivity index (χ1v) is 11.6. The van der Waals surface area contributed by atoms with Gasteiger partial charge in [0.2, 0.25) is 0 Å². The molecule has 5 aliphatic rings. The largest absolute Gasteiger partial charge is 0.458 e. The Morgan fingerprint density at radius 2 is 2.10 bits per heavy atom. The van der Waals surface area contributed by atoms with Crippen molar-refractivity contribution in [1.29, 1.82) is 0 Å². The molecule has 5 rings (SSSR count). The summed E-state index contributed by atoms with van der Waals surface area (Å²) in [6.45, 7) is 5.35. The van der Waals surface area contributed by atoms with Crippen molar-refractivity contribution in [3.05, 3.63) is 34.9 Å². The smallest absolute Gasteiger partial charge is 0.331 e. The molecule has 5 atom stereocenters. The summed E-state index contributed by atoms with van der Waals surface area (Å²) in [5.74, 6) is 1.85. The second kappa shape index (κ2) is 7.04. The van der Waals surface area contributed by atoms with Gasteiger partial charge in [-0.3, -0.25) is 5.43 Å². The van der Waals surface area contributed by atoms with Gasteiger partial charge in [0.15, 0.2) is 5.11 Å². The summed E-state index contributed by atoms with van der Waals surface area (Å²) in [7, 11) is 0. The lowest BCUT2D eigenvalue weighted by Crippen LogP contribution is -2.51. The fraction of sp³-hybridized carbons (Fsp3) is 0.625. The van der Waals surface area contributed by atoms with Crippen molar-refractivity contribution in [2.75, 3.05) is 6.61 Å². The zero-order chi connectivity index (χ0) is 21.1. The molecule has 4 aliphatic carbocycles. The number of nitrogens with one attached hydrogen (secondary N) is 1. The molecular weight excluding hydrogens is 394 g/mol. The van der Waals surface area contributed by atoms with Crippen LogP contribution in [-0.2, 0) is 9.53 Å². The van der Waals surface area contributed by atoms with E-state index < -0.39 is 0 Å². The third-order valence-corrected chi connectivity index (χ3v) is 8.97. The molecule has 0 spiro atoms. The van der Waals surface area contributed by atoms with E-state index in [1.165, 1.54) is 37.0 Å². The van der Waals surface area contributed by atoms with Crippen molar-refractivity contribution in [1.82, 2.24) is 5.43 Å². The SMILES string of the molecule is C[C@]12CC[C@H]3[C@@H](CC[C@@H]4C/C(=N/NC(N)=S)CC[C@@]43C)C1=CC=C2C1=CC(=O)OC1. The summed E-state index contributed by atoms with van der Waals surface area (Å²) in [5, 5.41) is 4.71. The molecule has 3 N–H and O–H groups in total. The summed E-state index contributed by atoms with van der Waals surface area (Å²) >= 11 is 4.90. The average molecular weight is 426 g/mol. The Balaban J connectivity index is 1.36. The number of hydrogen-bond donors (Lipinski definition) is 2. The summed E-state index contributed by atoms with van der Waals surface area (Å²) in [6.07, 6.45) is 14.5. The minimum Gasteiger partial charge on any atom is -0.458 e. The van der Waals surface area contributed by atoms with Gasteiger partial charge in [-0.15, -0.1) is 0 Å². The van der Waals surface area contributed by atoms with Crippen molar-refractivity contribution in [2.24, 2.45) is 39.4 Å². The number of cyclic esters (lactones) is 1. The van der Waals surface area contributed by atoms with E-state index in [4.69, 9.17) is 22.7 Å². The maximum Gasteiger partial charge on any atom is 0.331 e. The highest BCUT2D eigenvalue weighted by molar-refractivity contribution is 7.80. The predicted molar refractivity (Wildman–Crippen MR) is 122 cm³/mol. The molecule has 1 aliphatic heterocycles. The number of carbonyl (C=O) groups excluding carboxylic acids is 1. The first kappa shape index (κ1) is 20.0. The Labute approximate surface area is 183 Å². The normalized spacial score (nSPS) is 41.1. The van der Waals surface area contributed by atoms with E-state index in [9.17, 15) is 4.79 Å². The van der Waals surface area contributed by atoms with Gasteiger partial charge in [-0.05, 0) is 85.9 Å². The predicted octanol–water partition coefficient (Wildman–Crippen LogP) is 4.16. The van der Waals surface area contributed by atoms with E-state index in [0.717, 1.165) is 30.8 Å². The number of esters is 1. The zero-order valence-electron chi connectivity index (χ0n) is 17.9. The number of carbonyl (C=O) groups is 1. The molecule has 0 radical (unpaired) electrons. The molecule has 0 bridgehead atoms. The van der Waals surface area contributed by atoms with Gasteiger partial charge in [-0.2, -0.15) is 5.10 Å². The number of nitrogens with two attached hydrogens (primary N) is 1. The van der Waals surface area contributed by atoms with Crippen LogP contribution in [0.3, 0.4) is 0 Å². The van der Waals surface area contributed by atoms with E-state index in [1.807, 2.05) is 0 Å². The molecular formula is C24H31N3O2S. The number of fused-ring (bicyclic) bond motifs is 5. The molecule has 0 aromatic rings. The number of thiocarbonyl (C=S) groups is 1. The number of hydrogen-bond acceptors (Lipinski definition) is 4. The van der Waals surface area contributed by atoms with Crippen LogP contribution in [-0.4, -0.2) is 23.4 Å².